The molecule has 0 aliphatic rings. The first-order valence-electron chi connectivity index (χ1n) is 8.39. The summed E-state index contributed by atoms with van der Waals surface area (Å²) in [5.74, 6) is 2.08. The summed E-state index contributed by atoms with van der Waals surface area (Å²) in [4.78, 5) is 16.0. The number of carbonyl (C=O) groups is 1. The van der Waals surface area contributed by atoms with Crippen LogP contribution in [0.3, 0.4) is 0 Å². The van der Waals surface area contributed by atoms with Gasteiger partial charge in [-0.05, 0) is 36.5 Å². The standard InChI is InChI=1S/C18H30N4O2/c1-14(2)6-5-11-20-18(19-3)22-13-17(23)21-12-15-7-9-16(24-4)10-8-15/h7-10,14H,5-6,11-13H2,1-4H3,(H,21,23)(H2,19,20,22). The topological polar surface area (TPSA) is 74.8 Å². The molecule has 134 valence electrons. The summed E-state index contributed by atoms with van der Waals surface area (Å²) in [6.45, 7) is 5.96. The fraction of sp³-hybridized carbons (Fsp3) is 0.556. The molecule has 0 aliphatic heterocycles. The summed E-state index contributed by atoms with van der Waals surface area (Å²) < 4.78 is 5.11. The highest BCUT2D eigenvalue weighted by molar-refractivity contribution is 5.86. The van der Waals surface area contributed by atoms with Crippen LogP contribution in [-0.2, 0) is 11.3 Å². The Hall–Kier alpha value is -2.24. The molecule has 0 heterocycles. The maximum Gasteiger partial charge on any atom is 0.239 e. The smallest absolute Gasteiger partial charge is 0.239 e. The fourth-order valence-corrected chi connectivity index (χ4v) is 2.11. The number of ether oxygens (including phenoxy) is 1. The molecule has 0 radical (unpaired) electrons. The van der Waals surface area contributed by atoms with Gasteiger partial charge in [-0.3, -0.25) is 9.79 Å². The lowest BCUT2D eigenvalue weighted by Gasteiger charge is -2.12. The fourth-order valence-electron chi connectivity index (χ4n) is 2.11. The molecule has 0 spiro atoms. The van der Waals surface area contributed by atoms with Gasteiger partial charge in [0.05, 0.1) is 13.7 Å². The van der Waals surface area contributed by atoms with Crippen LogP contribution in [0, 0.1) is 5.92 Å². The molecule has 3 N–H and O–H groups in total. The Labute approximate surface area is 145 Å². The Balaban J connectivity index is 2.23. The first-order valence-corrected chi connectivity index (χ1v) is 8.39. The first kappa shape index (κ1) is 19.8. The highest BCUT2D eigenvalue weighted by atomic mass is 16.5. The van der Waals surface area contributed by atoms with E-state index in [1.165, 1.54) is 6.42 Å². The molecule has 1 aromatic rings. The maximum absolute atomic E-state index is 11.9. The summed E-state index contributed by atoms with van der Waals surface area (Å²) in [6.07, 6.45) is 2.26. The zero-order valence-electron chi connectivity index (χ0n) is 15.2. The van der Waals surface area contributed by atoms with Gasteiger partial charge in [0.15, 0.2) is 5.96 Å². The van der Waals surface area contributed by atoms with E-state index in [9.17, 15) is 4.79 Å². The van der Waals surface area contributed by atoms with Gasteiger partial charge < -0.3 is 20.7 Å². The second kappa shape index (κ2) is 11.3. The molecule has 0 atom stereocenters. The maximum atomic E-state index is 11.9. The molecule has 1 rings (SSSR count). The van der Waals surface area contributed by atoms with E-state index in [-0.39, 0.29) is 12.5 Å². The molecule has 1 aromatic carbocycles. The first-order chi connectivity index (χ1) is 11.5. The van der Waals surface area contributed by atoms with E-state index in [1.807, 2.05) is 24.3 Å². The van der Waals surface area contributed by atoms with Gasteiger partial charge in [0, 0.05) is 20.1 Å². The summed E-state index contributed by atoms with van der Waals surface area (Å²) in [5.41, 5.74) is 1.03. The molecule has 0 fully saturated rings. The van der Waals surface area contributed by atoms with Crippen molar-refractivity contribution >= 4 is 11.9 Å². The van der Waals surface area contributed by atoms with Gasteiger partial charge in [0.2, 0.25) is 5.91 Å². The van der Waals surface area contributed by atoms with Crippen molar-refractivity contribution in [2.24, 2.45) is 10.9 Å². The van der Waals surface area contributed by atoms with Crippen molar-refractivity contribution in [1.82, 2.24) is 16.0 Å². The minimum atomic E-state index is -0.0732. The summed E-state index contributed by atoms with van der Waals surface area (Å²) in [6, 6.07) is 7.62. The van der Waals surface area contributed by atoms with Crippen LogP contribution in [0.25, 0.3) is 0 Å². The van der Waals surface area contributed by atoms with Crippen LogP contribution < -0.4 is 20.7 Å². The Morgan fingerprint density at radius 3 is 2.46 bits per heavy atom. The molecule has 0 aliphatic carbocycles. The van der Waals surface area contributed by atoms with Crippen molar-refractivity contribution in [2.75, 3.05) is 27.2 Å². The Kier molecular flexibility index (Phi) is 9.34. The van der Waals surface area contributed by atoms with E-state index in [1.54, 1.807) is 14.2 Å². The highest BCUT2D eigenvalue weighted by Gasteiger charge is 2.04. The van der Waals surface area contributed by atoms with E-state index in [0.717, 1.165) is 24.3 Å². The predicted molar refractivity (Wildman–Crippen MR) is 98.3 cm³/mol. The second-order valence-electron chi connectivity index (χ2n) is 6.01. The Bertz CT molecular complexity index is 512. The lowest BCUT2D eigenvalue weighted by molar-refractivity contribution is -0.120. The number of guanidine groups is 1. The zero-order valence-corrected chi connectivity index (χ0v) is 15.2. The van der Waals surface area contributed by atoms with Crippen molar-refractivity contribution < 1.29 is 9.53 Å². The highest BCUT2D eigenvalue weighted by Crippen LogP contribution is 2.10. The molecule has 24 heavy (non-hydrogen) atoms. The number of rotatable bonds is 9. The molecule has 0 unspecified atom stereocenters. The quantitative estimate of drug-likeness (QED) is 0.366. The van der Waals surface area contributed by atoms with Gasteiger partial charge in [0.25, 0.3) is 0 Å². The molecule has 0 saturated carbocycles. The molecular formula is C18H30N4O2. The lowest BCUT2D eigenvalue weighted by Crippen LogP contribution is -2.43. The second-order valence-corrected chi connectivity index (χ2v) is 6.01. The lowest BCUT2D eigenvalue weighted by atomic mass is 10.1. The van der Waals surface area contributed by atoms with Gasteiger partial charge in [-0.25, -0.2) is 0 Å². The number of hydrogen-bond acceptors (Lipinski definition) is 3. The van der Waals surface area contributed by atoms with E-state index in [4.69, 9.17) is 4.74 Å². The minimum absolute atomic E-state index is 0.0732. The van der Waals surface area contributed by atoms with Crippen LogP contribution in [0.2, 0.25) is 0 Å². The van der Waals surface area contributed by atoms with Crippen molar-refractivity contribution in [3.63, 3.8) is 0 Å². The normalized spacial score (nSPS) is 11.3. The molecule has 0 saturated heterocycles. The van der Waals surface area contributed by atoms with Crippen LogP contribution in [-0.4, -0.2) is 39.1 Å². The van der Waals surface area contributed by atoms with E-state index in [2.05, 4.69) is 34.8 Å². The summed E-state index contributed by atoms with van der Waals surface area (Å²) >= 11 is 0. The zero-order chi connectivity index (χ0) is 17.8. The Morgan fingerprint density at radius 1 is 1.17 bits per heavy atom. The number of amides is 1. The molecule has 0 aromatic heterocycles. The number of hydrogen-bond donors (Lipinski definition) is 3. The van der Waals surface area contributed by atoms with Crippen molar-refractivity contribution in [3.8, 4) is 5.75 Å². The minimum Gasteiger partial charge on any atom is -0.497 e. The third kappa shape index (κ3) is 8.41. The van der Waals surface area contributed by atoms with Crippen molar-refractivity contribution in [2.45, 2.75) is 33.2 Å². The Morgan fingerprint density at radius 2 is 1.88 bits per heavy atom. The third-order valence-electron chi connectivity index (χ3n) is 3.54. The van der Waals surface area contributed by atoms with Crippen molar-refractivity contribution in [3.05, 3.63) is 29.8 Å². The van der Waals surface area contributed by atoms with Crippen LogP contribution in [0.4, 0.5) is 0 Å². The number of benzene rings is 1. The summed E-state index contributed by atoms with van der Waals surface area (Å²) in [5, 5.41) is 9.10. The number of nitrogens with one attached hydrogen (secondary N) is 3. The SMILES string of the molecule is CN=C(NCCCC(C)C)NCC(=O)NCc1ccc(OC)cc1. The number of carbonyl (C=O) groups excluding carboxylic acids is 1. The molecule has 0 bridgehead atoms. The number of aliphatic imine (C=N–C) groups is 1. The van der Waals surface area contributed by atoms with E-state index in [0.29, 0.717) is 18.4 Å². The van der Waals surface area contributed by atoms with Gasteiger partial charge in [-0.15, -0.1) is 0 Å². The van der Waals surface area contributed by atoms with Crippen LogP contribution >= 0.6 is 0 Å². The number of methoxy groups -OCH3 is 1. The summed E-state index contributed by atoms with van der Waals surface area (Å²) in [7, 11) is 3.33. The predicted octanol–water partition coefficient (Wildman–Crippen LogP) is 1.91. The van der Waals surface area contributed by atoms with Gasteiger partial charge in [-0.1, -0.05) is 26.0 Å². The average molecular weight is 334 g/mol. The molecule has 1 amide bonds. The van der Waals surface area contributed by atoms with Crippen LogP contribution in [0.15, 0.2) is 29.3 Å². The molecule has 6 heteroatoms. The van der Waals surface area contributed by atoms with E-state index >= 15 is 0 Å². The van der Waals surface area contributed by atoms with Crippen LogP contribution in [0.1, 0.15) is 32.3 Å². The monoisotopic (exact) mass is 334 g/mol. The largest absolute Gasteiger partial charge is 0.497 e. The van der Waals surface area contributed by atoms with Gasteiger partial charge in [0.1, 0.15) is 5.75 Å². The van der Waals surface area contributed by atoms with Gasteiger partial charge >= 0.3 is 0 Å². The van der Waals surface area contributed by atoms with Crippen molar-refractivity contribution in [1.29, 1.82) is 0 Å². The number of nitrogens with zero attached hydrogens (tertiary/aromatic N) is 1. The van der Waals surface area contributed by atoms with E-state index < -0.39 is 0 Å². The molecular weight excluding hydrogens is 304 g/mol. The molecule has 6 nitrogen and oxygen atoms in total. The third-order valence-corrected chi connectivity index (χ3v) is 3.54. The average Bonchev–Trinajstić information content (AvgIpc) is 2.59. The van der Waals surface area contributed by atoms with Crippen LogP contribution in [0.5, 0.6) is 5.75 Å². The van der Waals surface area contributed by atoms with Gasteiger partial charge in [-0.2, -0.15) is 0 Å².